The van der Waals surface area contributed by atoms with Gasteiger partial charge in [-0.3, -0.25) is 0 Å². The van der Waals surface area contributed by atoms with Crippen LogP contribution in [0.2, 0.25) is 0 Å². The van der Waals surface area contributed by atoms with Gasteiger partial charge >= 0.3 is 0 Å². The van der Waals surface area contributed by atoms with Crippen molar-refractivity contribution in [2.45, 2.75) is 34.1 Å². The van der Waals surface area contributed by atoms with Gasteiger partial charge in [0.05, 0.1) is 13.2 Å². The summed E-state index contributed by atoms with van der Waals surface area (Å²) in [7, 11) is 0. The van der Waals surface area contributed by atoms with Crippen molar-refractivity contribution in [3.63, 3.8) is 0 Å². The van der Waals surface area contributed by atoms with Crippen LogP contribution >= 0.6 is 25.3 Å². The van der Waals surface area contributed by atoms with Gasteiger partial charge in [0.15, 0.2) is 0 Å². The van der Waals surface area contributed by atoms with E-state index in [0.717, 1.165) is 31.1 Å². The molecule has 0 rings (SSSR count). The molecule has 0 spiro atoms. The van der Waals surface area contributed by atoms with Gasteiger partial charge in [-0.1, -0.05) is 27.7 Å². The standard InChI is InChI=1S/C11H24OS2/c1-5-11(4,9-14)7-12-6-10(2,3)8-13/h13-14H,5-9H2,1-4H3. The minimum atomic E-state index is 0.175. The molecule has 1 atom stereocenters. The molecular weight excluding hydrogens is 212 g/mol. The van der Waals surface area contributed by atoms with E-state index in [-0.39, 0.29) is 10.8 Å². The van der Waals surface area contributed by atoms with Crippen molar-refractivity contribution in [3.05, 3.63) is 0 Å². The predicted octanol–water partition coefficient (Wildman–Crippen LogP) is 3.31. The molecule has 0 aliphatic rings. The second kappa shape index (κ2) is 6.29. The van der Waals surface area contributed by atoms with Crippen LogP contribution in [0.4, 0.5) is 0 Å². The van der Waals surface area contributed by atoms with Crippen LogP contribution in [0, 0.1) is 10.8 Å². The third-order valence-electron chi connectivity index (χ3n) is 2.61. The molecule has 0 aliphatic heterocycles. The highest BCUT2D eigenvalue weighted by molar-refractivity contribution is 7.80. The average molecular weight is 236 g/mol. The second-order valence-electron chi connectivity index (χ2n) is 5.14. The van der Waals surface area contributed by atoms with Crippen molar-refractivity contribution in [2.24, 2.45) is 10.8 Å². The Hall–Kier alpha value is 0.660. The molecule has 0 N–H and O–H groups in total. The van der Waals surface area contributed by atoms with Crippen LogP contribution in [-0.4, -0.2) is 24.7 Å². The summed E-state index contributed by atoms with van der Waals surface area (Å²) < 4.78 is 5.74. The maximum absolute atomic E-state index is 5.74. The van der Waals surface area contributed by atoms with Crippen LogP contribution in [-0.2, 0) is 4.74 Å². The molecule has 14 heavy (non-hydrogen) atoms. The molecule has 1 nitrogen and oxygen atoms in total. The smallest absolute Gasteiger partial charge is 0.0527 e. The molecule has 1 unspecified atom stereocenters. The summed E-state index contributed by atoms with van der Waals surface area (Å²) in [5.41, 5.74) is 0.393. The molecule has 3 heteroatoms. The van der Waals surface area contributed by atoms with E-state index >= 15 is 0 Å². The van der Waals surface area contributed by atoms with Gasteiger partial charge in [-0.2, -0.15) is 25.3 Å². The Kier molecular flexibility index (Phi) is 6.58. The van der Waals surface area contributed by atoms with Crippen molar-refractivity contribution in [3.8, 4) is 0 Å². The SMILES string of the molecule is CCC(C)(CS)COCC(C)(C)CS. The lowest BCUT2D eigenvalue weighted by atomic mass is 9.91. The first-order valence-electron chi connectivity index (χ1n) is 5.18. The van der Waals surface area contributed by atoms with Crippen molar-refractivity contribution < 1.29 is 4.74 Å². The third-order valence-corrected chi connectivity index (χ3v) is 4.23. The van der Waals surface area contributed by atoms with E-state index in [0.29, 0.717) is 0 Å². The number of hydrogen-bond donors (Lipinski definition) is 2. The first-order chi connectivity index (χ1) is 6.39. The van der Waals surface area contributed by atoms with E-state index in [4.69, 9.17) is 4.74 Å². The maximum atomic E-state index is 5.74. The van der Waals surface area contributed by atoms with Crippen LogP contribution < -0.4 is 0 Å². The summed E-state index contributed by atoms with van der Waals surface area (Å²) in [5.74, 6) is 1.74. The molecule has 0 radical (unpaired) electrons. The monoisotopic (exact) mass is 236 g/mol. The van der Waals surface area contributed by atoms with Crippen LogP contribution in [0.1, 0.15) is 34.1 Å². The average Bonchev–Trinajstić information content (AvgIpc) is 2.17. The summed E-state index contributed by atoms with van der Waals surface area (Å²) in [6, 6.07) is 0. The summed E-state index contributed by atoms with van der Waals surface area (Å²) in [6.07, 6.45) is 1.11. The normalized spacial score (nSPS) is 16.7. The quantitative estimate of drug-likeness (QED) is 0.645. The zero-order valence-electron chi connectivity index (χ0n) is 9.84. The minimum Gasteiger partial charge on any atom is -0.380 e. The van der Waals surface area contributed by atoms with E-state index in [2.05, 4.69) is 53.0 Å². The molecule has 0 bridgehead atoms. The van der Waals surface area contributed by atoms with Gasteiger partial charge in [-0.15, -0.1) is 0 Å². The van der Waals surface area contributed by atoms with Gasteiger partial charge in [-0.25, -0.2) is 0 Å². The molecule has 0 aliphatic carbocycles. The summed E-state index contributed by atoms with van der Waals surface area (Å²) in [5, 5.41) is 0. The highest BCUT2D eigenvalue weighted by Crippen LogP contribution is 2.24. The van der Waals surface area contributed by atoms with Crippen LogP contribution in [0.25, 0.3) is 0 Å². The van der Waals surface area contributed by atoms with Crippen molar-refractivity contribution in [1.82, 2.24) is 0 Å². The van der Waals surface area contributed by atoms with Gasteiger partial charge in [0.25, 0.3) is 0 Å². The van der Waals surface area contributed by atoms with Gasteiger partial charge < -0.3 is 4.74 Å². The Balaban J connectivity index is 3.83. The van der Waals surface area contributed by atoms with E-state index in [1.807, 2.05) is 0 Å². The molecule has 0 amide bonds. The van der Waals surface area contributed by atoms with Crippen LogP contribution in [0.15, 0.2) is 0 Å². The number of rotatable bonds is 7. The van der Waals surface area contributed by atoms with Crippen molar-refractivity contribution >= 4 is 25.3 Å². The summed E-state index contributed by atoms with van der Waals surface area (Å²) >= 11 is 8.65. The Morgan fingerprint density at radius 3 is 1.93 bits per heavy atom. The summed E-state index contributed by atoms with van der Waals surface area (Å²) in [4.78, 5) is 0. The van der Waals surface area contributed by atoms with Gasteiger partial charge in [0.2, 0.25) is 0 Å². The fourth-order valence-electron chi connectivity index (χ4n) is 0.879. The lowest BCUT2D eigenvalue weighted by molar-refractivity contribution is 0.0233. The zero-order valence-corrected chi connectivity index (χ0v) is 11.6. The molecule has 0 aromatic heterocycles. The van der Waals surface area contributed by atoms with Gasteiger partial charge in [-0.05, 0) is 28.8 Å². The van der Waals surface area contributed by atoms with Gasteiger partial charge in [0.1, 0.15) is 0 Å². The van der Waals surface area contributed by atoms with E-state index < -0.39 is 0 Å². The minimum absolute atomic E-state index is 0.175. The van der Waals surface area contributed by atoms with Crippen LogP contribution in [0.5, 0.6) is 0 Å². The second-order valence-corrected chi connectivity index (χ2v) is 5.77. The largest absolute Gasteiger partial charge is 0.380 e. The fourth-order valence-corrected chi connectivity index (χ4v) is 1.29. The molecule has 0 saturated carbocycles. The molecule has 0 aromatic rings. The van der Waals surface area contributed by atoms with Crippen molar-refractivity contribution in [2.75, 3.05) is 24.7 Å². The summed E-state index contributed by atoms with van der Waals surface area (Å²) in [6.45, 7) is 10.3. The number of ether oxygens (including phenoxy) is 1. The van der Waals surface area contributed by atoms with E-state index in [1.165, 1.54) is 0 Å². The zero-order chi connectivity index (χ0) is 11.2. The topological polar surface area (TPSA) is 9.23 Å². The lowest BCUT2D eigenvalue weighted by Crippen LogP contribution is -2.29. The predicted molar refractivity (Wildman–Crippen MR) is 70.7 cm³/mol. The Morgan fingerprint density at radius 1 is 1.00 bits per heavy atom. The Bertz CT molecular complexity index is 153. The molecule has 0 aromatic carbocycles. The maximum Gasteiger partial charge on any atom is 0.0527 e. The molecular formula is C11H24OS2. The number of hydrogen-bond acceptors (Lipinski definition) is 3. The first kappa shape index (κ1) is 14.7. The molecule has 0 heterocycles. The Labute approximate surface area is 99.8 Å². The highest BCUT2D eigenvalue weighted by Gasteiger charge is 2.22. The number of thiol groups is 2. The first-order valence-corrected chi connectivity index (χ1v) is 6.45. The van der Waals surface area contributed by atoms with E-state index in [9.17, 15) is 0 Å². The molecule has 0 fully saturated rings. The molecule has 0 saturated heterocycles. The Morgan fingerprint density at radius 2 is 1.57 bits per heavy atom. The fraction of sp³-hybridized carbons (Fsp3) is 1.00. The lowest BCUT2D eigenvalue weighted by Gasteiger charge is -2.29. The van der Waals surface area contributed by atoms with Crippen molar-refractivity contribution in [1.29, 1.82) is 0 Å². The van der Waals surface area contributed by atoms with Crippen LogP contribution in [0.3, 0.4) is 0 Å². The van der Waals surface area contributed by atoms with E-state index in [1.54, 1.807) is 0 Å². The third kappa shape index (κ3) is 5.52. The highest BCUT2D eigenvalue weighted by atomic mass is 32.1. The molecule has 86 valence electrons. The van der Waals surface area contributed by atoms with Gasteiger partial charge in [0, 0.05) is 0 Å².